The number of aromatic nitrogens is 3. The standard InChI is InChI=1S/C23H22F3N5O2/c1-14-27-10-16(11-28-14)19-8-15(9-29-20(19)31-12-22(2,3)13-31)21(32)30-17-4-6-18(7-5-17)33-23(24,25)26/h4-11H,12-13H2,1-3H3,(H,30,32). The summed E-state index contributed by atoms with van der Waals surface area (Å²) in [6.45, 7) is 7.79. The van der Waals surface area contributed by atoms with Gasteiger partial charge in [0.1, 0.15) is 17.4 Å². The fourth-order valence-corrected chi connectivity index (χ4v) is 3.66. The van der Waals surface area contributed by atoms with Crippen molar-refractivity contribution in [1.29, 1.82) is 0 Å². The molecule has 3 heterocycles. The summed E-state index contributed by atoms with van der Waals surface area (Å²) in [6, 6.07) is 6.64. The number of nitrogens with zero attached hydrogens (tertiary/aromatic N) is 4. The van der Waals surface area contributed by atoms with E-state index >= 15 is 0 Å². The third kappa shape index (κ3) is 5.39. The van der Waals surface area contributed by atoms with Gasteiger partial charge in [0.25, 0.3) is 5.91 Å². The molecule has 1 saturated heterocycles. The number of carbonyl (C=O) groups excluding carboxylic acids is 1. The van der Waals surface area contributed by atoms with Gasteiger partial charge in [-0.1, -0.05) is 13.8 Å². The number of aryl methyl sites for hydroxylation is 1. The first-order valence-corrected chi connectivity index (χ1v) is 10.2. The Morgan fingerprint density at radius 2 is 1.70 bits per heavy atom. The summed E-state index contributed by atoms with van der Waals surface area (Å²) in [5, 5.41) is 2.67. The summed E-state index contributed by atoms with van der Waals surface area (Å²) < 4.78 is 40.8. The second-order valence-corrected chi connectivity index (χ2v) is 8.66. The van der Waals surface area contributed by atoms with Gasteiger partial charge in [-0.05, 0) is 42.7 Å². The average Bonchev–Trinajstić information content (AvgIpc) is 2.72. The summed E-state index contributed by atoms with van der Waals surface area (Å²) >= 11 is 0. The van der Waals surface area contributed by atoms with Gasteiger partial charge in [0.05, 0.1) is 5.56 Å². The minimum absolute atomic E-state index is 0.181. The SMILES string of the molecule is Cc1ncc(-c2cc(C(=O)Nc3ccc(OC(F)(F)F)cc3)cnc2N2CC(C)(C)C2)cn1. The van der Waals surface area contributed by atoms with Crippen molar-refractivity contribution in [3.05, 3.63) is 60.3 Å². The maximum absolute atomic E-state index is 12.8. The molecule has 2 aromatic heterocycles. The van der Waals surface area contributed by atoms with E-state index in [0.29, 0.717) is 17.1 Å². The van der Waals surface area contributed by atoms with Crippen molar-refractivity contribution >= 4 is 17.4 Å². The van der Waals surface area contributed by atoms with E-state index in [4.69, 9.17) is 0 Å². The van der Waals surface area contributed by atoms with E-state index in [9.17, 15) is 18.0 Å². The van der Waals surface area contributed by atoms with Crippen LogP contribution in [0.15, 0.2) is 48.9 Å². The molecule has 172 valence electrons. The molecule has 0 bridgehead atoms. The quantitative estimate of drug-likeness (QED) is 0.590. The van der Waals surface area contributed by atoms with Crippen LogP contribution in [0, 0.1) is 12.3 Å². The highest BCUT2D eigenvalue weighted by atomic mass is 19.4. The van der Waals surface area contributed by atoms with Crippen LogP contribution in [-0.4, -0.2) is 40.3 Å². The lowest BCUT2D eigenvalue weighted by Crippen LogP contribution is -2.53. The van der Waals surface area contributed by atoms with Gasteiger partial charge in [0, 0.05) is 48.5 Å². The minimum atomic E-state index is -4.78. The van der Waals surface area contributed by atoms with Crippen molar-refractivity contribution in [2.24, 2.45) is 5.41 Å². The molecular formula is C23H22F3N5O2. The van der Waals surface area contributed by atoms with Gasteiger partial charge < -0.3 is 15.0 Å². The van der Waals surface area contributed by atoms with Gasteiger partial charge >= 0.3 is 6.36 Å². The smallest absolute Gasteiger partial charge is 0.406 e. The van der Waals surface area contributed by atoms with E-state index in [-0.39, 0.29) is 11.2 Å². The van der Waals surface area contributed by atoms with Crippen molar-refractivity contribution in [3.63, 3.8) is 0 Å². The molecule has 0 unspecified atom stereocenters. The summed E-state index contributed by atoms with van der Waals surface area (Å²) in [6.07, 6.45) is 0.0826. The highest BCUT2D eigenvalue weighted by molar-refractivity contribution is 6.05. The normalized spacial score (nSPS) is 15.0. The Kier molecular flexibility index (Phi) is 5.69. The summed E-state index contributed by atoms with van der Waals surface area (Å²) in [4.78, 5) is 28.0. The maximum Gasteiger partial charge on any atom is 0.573 e. The predicted molar refractivity (Wildman–Crippen MR) is 117 cm³/mol. The lowest BCUT2D eigenvalue weighted by Gasteiger charge is -2.47. The fraction of sp³-hybridized carbons (Fsp3) is 0.304. The van der Waals surface area contributed by atoms with E-state index in [1.54, 1.807) is 25.4 Å². The van der Waals surface area contributed by atoms with Gasteiger partial charge in [0.15, 0.2) is 0 Å². The molecule has 1 fully saturated rings. The number of carbonyl (C=O) groups is 1. The van der Waals surface area contributed by atoms with Crippen LogP contribution in [0.2, 0.25) is 0 Å². The Labute approximate surface area is 188 Å². The van der Waals surface area contributed by atoms with Crippen LogP contribution in [0.3, 0.4) is 0 Å². The maximum atomic E-state index is 12.8. The number of hydrogen-bond donors (Lipinski definition) is 1. The molecule has 1 aromatic carbocycles. The first-order valence-electron chi connectivity index (χ1n) is 10.2. The number of hydrogen-bond acceptors (Lipinski definition) is 6. The Morgan fingerprint density at radius 1 is 1.06 bits per heavy atom. The fourth-order valence-electron chi connectivity index (χ4n) is 3.66. The monoisotopic (exact) mass is 457 g/mol. The average molecular weight is 457 g/mol. The van der Waals surface area contributed by atoms with Crippen molar-refractivity contribution < 1.29 is 22.7 Å². The molecule has 1 aliphatic heterocycles. The molecule has 0 aliphatic carbocycles. The molecule has 7 nitrogen and oxygen atoms in total. The molecule has 3 aromatic rings. The van der Waals surface area contributed by atoms with Crippen molar-refractivity contribution in [2.45, 2.75) is 27.1 Å². The van der Waals surface area contributed by atoms with Gasteiger partial charge in [-0.2, -0.15) is 0 Å². The van der Waals surface area contributed by atoms with Crippen molar-refractivity contribution in [1.82, 2.24) is 15.0 Å². The minimum Gasteiger partial charge on any atom is -0.406 e. The van der Waals surface area contributed by atoms with Crippen LogP contribution in [0.1, 0.15) is 30.0 Å². The second kappa shape index (κ2) is 8.34. The van der Waals surface area contributed by atoms with Gasteiger partial charge in [-0.15, -0.1) is 13.2 Å². The van der Waals surface area contributed by atoms with Crippen LogP contribution in [0.4, 0.5) is 24.7 Å². The van der Waals surface area contributed by atoms with E-state index in [2.05, 4.69) is 43.8 Å². The Bertz CT molecular complexity index is 1150. The zero-order valence-corrected chi connectivity index (χ0v) is 18.3. The summed E-state index contributed by atoms with van der Waals surface area (Å²) in [5.41, 5.74) is 2.26. The highest BCUT2D eigenvalue weighted by Gasteiger charge is 2.36. The zero-order chi connectivity index (χ0) is 23.8. The summed E-state index contributed by atoms with van der Waals surface area (Å²) in [7, 11) is 0. The summed E-state index contributed by atoms with van der Waals surface area (Å²) in [5.74, 6) is 0.555. The van der Waals surface area contributed by atoms with Gasteiger partial charge in [-0.3, -0.25) is 4.79 Å². The van der Waals surface area contributed by atoms with Crippen LogP contribution < -0.4 is 15.0 Å². The number of benzene rings is 1. The number of rotatable bonds is 5. The third-order valence-corrected chi connectivity index (χ3v) is 5.10. The number of amides is 1. The van der Waals surface area contributed by atoms with Gasteiger partial charge in [-0.25, -0.2) is 15.0 Å². The van der Waals surface area contributed by atoms with Crippen LogP contribution >= 0.6 is 0 Å². The van der Waals surface area contributed by atoms with E-state index in [0.717, 1.165) is 42.2 Å². The zero-order valence-electron chi connectivity index (χ0n) is 18.3. The second-order valence-electron chi connectivity index (χ2n) is 8.66. The van der Waals surface area contributed by atoms with Crippen LogP contribution in [-0.2, 0) is 0 Å². The molecule has 4 rings (SSSR count). The number of ether oxygens (including phenoxy) is 1. The Morgan fingerprint density at radius 3 is 2.27 bits per heavy atom. The lowest BCUT2D eigenvalue weighted by molar-refractivity contribution is -0.274. The number of nitrogens with one attached hydrogen (secondary N) is 1. The molecule has 33 heavy (non-hydrogen) atoms. The third-order valence-electron chi connectivity index (χ3n) is 5.10. The van der Waals surface area contributed by atoms with Gasteiger partial charge in [0.2, 0.25) is 0 Å². The van der Waals surface area contributed by atoms with E-state index in [1.807, 2.05) is 0 Å². The highest BCUT2D eigenvalue weighted by Crippen LogP contribution is 2.38. The molecular weight excluding hydrogens is 435 g/mol. The Balaban J connectivity index is 1.58. The van der Waals surface area contributed by atoms with E-state index < -0.39 is 12.3 Å². The van der Waals surface area contributed by atoms with Crippen LogP contribution in [0.5, 0.6) is 5.75 Å². The molecule has 1 amide bonds. The molecule has 1 aliphatic rings. The largest absolute Gasteiger partial charge is 0.573 e. The predicted octanol–water partition coefficient (Wildman–Crippen LogP) is 4.84. The number of halogens is 3. The lowest BCUT2D eigenvalue weighted by atomic mass is 9.84. The number of anilines is 2. The van der Waals surface area contributed by atoms with Crippen molar-refractivity contribution in [3.8, 4) is 16.9 Å². The first-order chi connectivity index (χ1) is 15.5. The topological polar surface area (TPSA) is 80.2 Å². The van der Waals surface area contributed by atoms with Crippen molar-refractivity contribution in [2.75, 3.05) is 23.3 Å². The Hall–Kier alpha value is -3.69. The molecule has 0 saturated carbocycles. The molecule has 10 heteroatoms. The van der Waals surface area contributed by atoms with E-state index in [1.165, 1.54) is 18.3 Å². The molecule has 0 radical (unpaired) electrons. The molecule has 0 atom stereocenters. The number of alkyl halides is 3. The molecule has 1 N–H and O–H groups in total. The number of pyridine rings is 1. The molecule has 0 spiro atoms. The first kappa shape index (κ1) is 22.5. The van der Waals surface area contributed by atoms with Crippen LogP contribution in [0.25, 0.3) is 11.1 Å².